The summed E-state index contributed by atoms with van der Waals surface area (Å²) in [6.45, 7) is 0.513. The first-order valence-corrected chi connectivity index (χ1v) is 4.98. The van der Waals surface area contributed by atoms with Crippen LogP contribution in [0, 0.1) is 11.6 Å². The Hall–Kier alpha value is -1.20. The van der Waals surface area contributed by atoms with Crippen molar-refractivity contribution < 1.29 is 13.5 Å². The van der Waals surface area contributed by atoms with Gasteiger partial charge in [0, 0.05) is 24.2 Å². The molecule has 1 atom stereocenters. The maximum atomic E-state index is 13.7. The number of methoxy groups -OCH3 is 1. The lowest BCUT2D eigenvalue weighted by Gasteiger charge is -2.17. The first-order valence-electron chi connectivity index (χ1n) is 4.98. The molecule has 16 heavy (non-hydrogen) atoms. The highest BCUT2D eigenvalue weighted by atomic mass is 19.1. The van der Waals surface area contributed by atoms with Crippen LogP contribution in [0.2, 0.25) is 0 Å². The number of ether oxygens (including phenoxy) is 1. The Morgan fingerprint density at radius 1 is 1.25 bits per heavy atom. The molecule has 0 aromatic heterocycles. The SMILES string of the molecule is CNCC(NC)c1cc(F)c(OC)cc1F. The predicted molar refractivity (Wildman–Crippen MR) is 58.6 cm³/mol. The fourth-order valence-electron chi connectivity index (χ4n) is 1.54. The first kappa shape index (κ1) is 12.9. The maximum Gasteiger partial charge on any atom is 0.165 e. The van der Waals surface area contributed by atoms with Crippen molar-refractivity contribution in [2.75, 3.05) is 27.7 Å². The van der Waals surface area contributed by atoms with Crippen LogP contribution >= 0.6 is 0 Å². The quantitative estimate of drug-likeness (QED) is 0.803. The smallest absolute Gasteiger partial charge is 0.165 e. The van der Waals surface area contributed by atoms with E-state index in [0.29, 0.717) is 6.54 Å². The number of benzene rings is 1. The Balaban J connectivity index is 3.08. The van der Waals surface area contributed by atoms with Crippen LogP contribution in [0.5, 0.6) is 5.75 Å². The topological polar surface area (TPSA) is 33.3 Å². The van der Waals surface area contributed by atoms with E-state index in [4.69, 9.17) is 4.74 Å². The molecule has 3 nitrogen and oxygen atoms in total. The van der Waals surface area contributed by atoms with Crippen molar-refractivity contribution in [2.45, 2.75) is 6.04 Å². The van der Waals surface area contributed by atoms with Crippen LogP contribution in [0.4, 0.5) is 8.78 Å². The fraction of sp³-hybridized carbons (Fsp3) is 0.455. The van der Waals surface area contributed by atoms with Gasteiger partial charge in [-0.1, -0.05) is 0 Å². The number of rotatable bonds is 5. The summed E-state index contributed by atoms with van der Waals surface area (Å²) in [6, 6.07) is 1.95. The molecule has 0 amide bonds. The highest BCUT2D eigenvalue weighted by Gasteiger charge is 2.17. The van der Waals surface area contributed by atoms with Crippen LogP contribution in [0.1, 0.15) is 11.6 Å². The van der Waals surface area contributed by atoms with Crippen molar-refractivity contribution in [3.05, 3.63) is 29.3 Å². The molecule has 2 N–H and O–H groups in total. The Morgan fingerprint density at radius 3 is 2.44 bits per heavy atom. The zero-order valence-electron chi connectivity index (χ0n) is 9.60. The Labute approximate surface area is 93.8 Å². The van der Waals surface area contributed by atoms with Gasteiger partial charge in [0.05, 0.1) is 7.11 Å². The van der Waals surface area contributed by atoms with E-state index in [0.717, 1.165) is 12.1 Å². The summed E-state index contributed by atoms with van der Waals surface area (Å²) in [5.41, 5.74) is 0.287. The molecule has 0 fully saturated rings. The van der Waals surface area contributed by atoms with E-state index >= 15 is 0 Å². The standard InChI is InChI=1S/C11H16F2N2O/c1-14-6-10(15-2)7-4-9(13)11(16-3)5-8(7)12/h4-5,10,14-15H,6H2,1-3H3. The van der Waals surface area contributed by atoms with Gasteiger partial charge in [0.1, 0.15) is 5.82 Å². The van der Waals surface area contributed by atoms with Gasteiger partial charge in [0.2, 0.25) is 0 Å². The molecule has 0 bridgehead atoms. The molecule has 0 aliphatic heterocycles. The summed E-state index contributed by atoms with van der Waals surface area (Å²) in [6.07, 6.45) is 0. The van der Waals surface area contributed by atoms with Gasteiger partial charge in [0.15, 0.2) is 11.6 Å². The Kier molecular flexibility index (Phi) is 4.64. The molecule has 0 heterocycles. The first-order chi connectivity index (χ1) is 7.63. The van der Waals surface area contributed by atoms with Crippen LogP contribution in [0.25, 0.3) is 0 Å². The molecular formula is C11H16F2N2O. The summed E-state index contributed by atoms with van der Waals surface area (Å²) in [5, 5.41) is 5.82. The summed E-state index contributed by atoms with van der Waals surface area (Å²) in [7, 11) is 4.76. The van der Waals surface area contributed by atoms with E-state index in [2.05, 4.69) is 10.6 Å². The molecule has 90 valence electrons. The van der Waals surface area contributed by atoms with Crippen LogP contribution in [0.15, 0.2) is 12.1 Å². The molecule has 1 unspecified atom stereocenters. The monoisotopic (exact) mass is 230 g/mol. The molecule has 0 radical (unpaired) electrons. The third kappa shape index (κ3) is 2.68. The Morgan fingerprint density at radius 2 is 1.94 bits per heavy atom. The van der Waals surface area contributed by atoms with Gasteiger partial charge in [-0.2, -0.15) is 0 Å². The lowest BCUT2D eigenvalue weighted by atomic mass is 10.1. The third-order valence-corrected chi connectivity index (χ3v) is 2.40. The van der Waals surface area contributed by atoms with E-state index in [1.54, 1.807) is 14.1 Å². The van der Waals surface area contributed by atoms with Crippen molar-refractivity contribution in [1.82, 2.24) is 10.6 Å². The lowest BCUT2D eigenvalue weighted by Crippen LogP contribution is -2.28. The number of nitrogens with one attached hydrogen (secondary N) is 2. The van der Waals surface area contributed by atoms with Gasteiger partial charge in [-0.15, -0.1) is 0 Å². The second-order valence-corrected chi connectivity index (χ2v) is 3.41. The maximum absolute atomic E-state index is 13.7. The minimum atomic E-state index is -0.560. The molecule has 0 spiro atoms. The minimum absolute atomic E-state index is 0.0828. The summed E-state index contributed by atoms with van der Waals surface area (Å²) >= 11 is 0. The average molecular weight is 230 g/mol. The predicted octanol–water partition coefficient (Wildman–Crippen LogP) is 1.45. The Bertz CT molecular complexity index is 358. The van der Waals surface area contributed by atoms with Crippen molar-refractivity contribution in [2.24, 2.45) is 0 Å². The van der Waals surface area contributed by atoms with E-state index in [1.807, 2.05) is 0 Å². The summed E-state index contributed by atoms with van der Waals surface area (Å²) < 4.78 is 31.8. The number of likely N-dealkylation sites (N-methyl/N-ethyl adjacent to an activating group) is 2. The molecule has 0 saturated heterocycles. The van der Waals surface area contributed by atoms with Crippen LogP contribution in [-0.4, -0.2) is 27.7 Å². The van der Waals surface area contributed by atoms with E-state index in [-0.39, 0.29) is 17.4 Å². The second kappa shape index (κ2) is 5.77. The second-order valence-electron chi connectivity index (χ2n) is 3.41. The van der Waals surface area contributed by atoms with Crippen LogP contribution < -0.4 is 15.4 Å². The molecule has 1 aromatic rings. The van der Waals surface area contributed by atoms with Crippen molar-refractivity contribution in [3.8, 4) is 5.75 Å². The van der Waals surface area contributed by atoms with E-state index < -0.39 is 11.6 Å². The molecule has 0 aliphatic rings. The van der Waals surface area contributed by atoms with Gasteiger partial charge in [-0.3, -0.25) is 0 Å². The highest BCUT2D eigenvalue weighted by Crippen LogP contribution is 2.25. The minimum Gasteiger partial charge on any atom is -0.494 e. The largest absolute Gasteiger partial charge is 0.494 e. The third-order valence-electron chi connectivity index (χ3n) is 2.40. The normalized spacial score (nSPS) is 12.6. The van der Waals surface area contributed by atoms with Gasteiger partial charge in [0.25, 0.3) is 0 Å². The van der Waals surface area contributed by atoms with Crippen LogP contribution in [0.3, 0.4) is 0 Å². The van der Waals surface area contributed by atoms with Crippen molar-refractivity contribution in [3.63, 3.8) is 0 Å². The molecule has 5 heteroatoms. The summed E-state index contributed by atoms with van der Waals surface area (Å²) in [5.74, 6) is -1.12. The van der Waals surface area contributed by atoms with Crippen molar-refractivity contribution in [1.29, 1.82) is 0 Å². The van der Waals surface area contributed by atoms with Gasteiger partial charge in [-0.05, 0) is 20.2 Å². The molecule has 0 saturated carbocycles. The molecule has 0 aliphatic carbocycles. The van der Waals surface area contributed by atoms with Gasteiger partial charge >= 0.3 is 0 Å². The van der Waals surface area contributed by atoms with E-state index in [1.165, 1.54) is 7.11 Å². The van der Waals surface area contributed by atoms with E-state index in [9.17, 15) is 8.78 Å². The summed E-state index contributed by atoms with van der Waals surface area (Å²) in [4.78, 5) is 0. The average Bonchev–Trinajstić information content (AvgIpc) is 2.28. The fourth-order valence-corrected chi connectivity index (χ4v) is 1.54. The molecular weight excluding hydrogens is 214 g/mol. The zero-order valence-corrected chi connectivity index (χ0v) is 9.60. The van der Waals surface area contributed by atoms with Crippen molar-refractivity contribution >= 4 is 0 Å². The number of hydrogen-bond acceptors (Lipinski definition) is 3. The molecule has 1 aromatic carbocycles. The number of hydrogen-bond donors (Lipinski definition) is 2. The van der Waals surface area contributed by atoms with Crippen LogP contribution in [-0.2, 0) is 0 Å². The molecule has 1 rings (SSSR count). The highest BCUT2D eigenvalue weighted by molar-refractivity contribution is 5.32. The van der Waals surface area contributed by atoms with Gasteiger partial charge < -0.3 is 15.4 Å². The lowest BCUT2D eigenvalue weighted by molar-refractivity contribution is 0.380. The number of halogens is 2. The zero-order chi connectivity index (χ0) is 12.1. The van der Waals surface area contributed by atoms with Gasteiger partial charge in [-0.25, -0.2) is 8.78 Å².